The van der Waals surface area contributed by atoms with E-state index in [0.29, 0.717) is 11.4 Å². The second-order valence-electron chi connectivity index (χ2n) is 7.04. The van der Waals surface area contributed by atoms with Crippen LogP contribution in [0.2, 0.25) is 0 Å². The summed E-state index contributed by atoms with van der Waals surface area (Å²) >= 11 is 0. The molecule has 14 heteroatoms. The highest BCUT2D eigenvalue weighted by Crippen LogP contribution is 2.54. The molecule has 5 nitrogen and oxygen atoms in total. The van der Waals surface area contributed by atoms with Gasteiger partial charge in [-0.2, -0.15) is 44.6 Å². The van der Waals surface area contributed by atoms with Gasteiger partial charge in [0.25, 0.3) is 0 Å². The number of hydrogen-bond acceptors (Lipinski definition) is 5. The zero-order valence-electron chi connectivity index (χ0n) is 16.5. The number of fused-ring (bicyclic) bond motifs is 2. The summed E-state index contributed by atoms with van der Waals surface area (Å²) in [5, 5.41) is 7.58. The Morgan fingerprint density at radius 3 is 1.94 bits per heavy atom. The lowest BCUT2D eigenvalue weighted by atomic mass is 10.0. The van der Waals surface area contributed by atoms with Gasteiger partial charge in [0, 0.05) is 5.56 Å². The molecule has 0 fully saturated rings. The number of ether oxygens (including phenoxy) is 1. The Morgan fingerprint density at radius 2 is 1.35 bits per heavy atom. The molecule has 0 amide bonds. The van der Waals surface area contributed by atoms with Crippen LogP contribution in [0.25, 0.3) is 0 Å². The van der Waals surface area contributed by atoms with E-state index in [9.17, 15) is 49.1 Å². The van der Waals surface area contributed by atoms with Crippen LogP contribution >= 0.6 is 0 Å². The van der Waals surface area contributed by atoms with Crippen LogP contribution in [0, 0.1) is 0 Å². The van der Waals surface area contributed by atoms with Crippen LogP contribution in [0.4, 0.5) is 50.9 Å². The Labute approximate surface area is 184 Å². The molecule has 0 aliphatic carbocycles. The van der Waals surface area contributed by atoms with Gasteiger partial charge in [-0.3, -0.25) is 4.79 Å². The minimum Gasteiger partial charge on any atom is -0.462 e. The van der Waals surface area contributed by atoms with E-state index in [0.717, 1.165) is 24.3 Å². The van der Waals surface area contributed by atoms with Gasteiger partial charge in [-0.05, 0) is 30.3 Å². The summed E-state index contributed by atoms with van der Waals surface area (Å²) < 4.78 is 120. The van der Waals surface area contributed by atoms with Crippen LogP contribution in [0.3, 0.4) is 0 Å². The van der Waals surface area contributed by atoms with Crippen molar-refractivity contribution >= 4 is 23.1 Å². The molecular formula is C20H11F9N2O3. The van der Waals surface area contributed by atoms with E-state index < -0.39 is 48.7 Å². The predicted octanol–water partition coefficient (Wildman–Crippen LogP) is 6.66. The summed E-state index contributed by atoms with van der Waals surface area (Å²) in [6.07, 6.45) is -9.24. The maximum Gasteiger partial charge on any atom is 0.460 e. The lowest BCUT2D eigenvalue weighted by molar-refractivity contribution is -0.397. The average Bonchev–Trinajstić information content (AvgIpc) is 3.12. The SMILES string of the molecule is O=C(OCCC(F)(F)C(F)(F)C(F)(F)C(F)(F)F)c1ccc(C(=O)c2ccc3cc2N=N3)cc1. The van der Waals surface area contributed by atoms with Gasteiger partial charge in [0.2, 0.25) is 0 Å². The number of carbonyl (C=O) groups excluding carboxylic acids is 2. The van der Waals surface area contributed by atoms with Crippen molar-refractivity contribution < 1.29 is 53.8 Å². The number of azo groups is 1. The molecule has 0 saturated carbocycles. The highest BCUT2D eigenvalue weighted by molar-refractivity contribution is 6.12. The van der Waals surface area contributed by atoms with E-state index in [1.165, 1.54) is 6.07 Å². The largest absolute Gasteiger partial charge is 0.462 e. The van der Waals surface area contributed by atoms with Gasteiger partial charge in [0.1, 0.15) is 0 Å². The van der Waals surface area contributed by atoms with Gasteiger partial charge in [0.05, 0.1) is 35.5 Å². The molecule has 0 radical (unpaired) electrons. The van der Waals surface area contributed by atoms with E-state index >= 15 is 0 Å². The molecule has 2 aromatic rings. The Kier molecular flexibility index (Phi) is 6.22. The van der Waals surface area contributed by atoms with Crippen LogP contribution in [0.1, 0.15) is 32.7 Å². The molecule has 0 atom stereocenters. The van der Waals surface area contributed by atoms with Gasteiger partial charge in [-0.1, -0.05) is 12.1 Å². The van der Waals surface area contributed by atoms with Crippen molar-refractivity contribution in [2.24, 2.45) is 10.2 Å². The molecule has 1 heterocycles. The first-order chi connectivity index (χ1) is 15.6. The summed E-state index contributed by atoms with van der Waals surface area (Å²) in [7, 11) is 0. The molecule has 3 rings (SSSR count). The zero-order valence-corrected chi connectivity index (χ0v) is 16.5. The highest BCUT2D eigenvalue weighted by Gasteiger charge is 2.81. The fourth-order valence-electron chi connectivity index (χ4n) is 2.80. The molecule has 2 bridgehead atoms. The molecule has 0 N–H and O–H groups in total. The number of carbonyl (C=O) groups is 2. The van der Waals surface area contributed by atoms with Crippen LogP contribution in [0.5, 0.6) is 0 Å². The van der Waals surface area contributed by atoms with Crippen molar-refractivity contribution in [3.63, 3.8) is 0 Å². The van der Waals surface area contributed by atoms with E-state index in [1.807, 2.05) is 0 Å². The van der Waals surface area contributed by atoms with Crippen molar-refractivity contribution in [3.8, 4) is 0 Å². The van der Waals surface area contributed by atoms with Crippen molar-refractivity contribution in [3.05, 3.63) is 59.2 Å². The number of alkyl halides is 9. The summed E-state index contributed by atoms with van der Waals surface area (Å²) in [4.78, 5) is 24.4. The maximum absolute atomic E-state index is 13.5. The summed E-state index contributed by atoms with van der Waals surface area (Å²) in [5.74, 6) is -21.5. The van der Waals surface area contributed by atoms with Crippen molar-refractivity contribution in [2.45, 2.75) is 30.4 Å². The number of esters is 1. The third-order valence-electron chi connectivity index (χ3n) is 4.74. The minimum absolute atomic E-state index is 0.0863. The van der Waals surface area contributed by atoms with E-state index in [1.54, 1.807) is 12.1 Å². The Balaban J connectivity index is 1.62. The fourth-order valence-corrected chi connectivity index (χ4v) is 2.80. The molecule has 1 aliphatic rings. The highest BCUT2D eigenvalue weighted by atomic mass is 19.4. The third-order valence-corrected chi connectivity index (χ3v) is 4.74. The third kappa shape index (κ3) is 4.35. The number of ketones is 1. The monoisotopic (exact) mass is 498 g/mol. The summed E-state index contributed by atoms with van der Waals surface area (Å²) in [5.41, 5.74) is 0.837. The fraction of sp³-hybridized carbons (Fsp3) is 0.300. The molecule has 0 spiro atoms. The van der Waals surface area contributed by atoms with Gasteiger partial charge in [-0.15, -0.1) is 5.11 Å². The lowest BCUT2D eigenvalue weighted by Gasteiger charge is -2.33. The number of hydrogen-bond donors (Lipinski definition) is 0. The Bertz CT molecular complexity index is 1140. The quantitative estimate of drug-likeness (QED) is 0.198. The van der Waals surface area contributed by atoms with E-state index in [-0.39, 0.29) is 16.7 Å². The van der Waals surface area contributed by atoms with Crippen molar-refractivity contribution in [1.82, 2.24) is 0 Å². The number of halogens is 9. The van der Waals surface area contributed by atoms with Crippen LogP contribution in [-0.4, -0.2) is 42.3 Å². The molecular weight excluding hydrogens is 487 g/mol. The smallest absolute Gasteiger partial charge is 0.460 e. The molecule has 2 aromatic carbocycles. The average molecular weight is 498 g/mol. The number of nitrogens with zero attached hydrogens (tertiary/aromatic N) is 2. The topological polar surface area (TPSA) is 68.1 Å². The standard InChI is InChI=1S/C20H11F9N2O3/c21-17(22,18(23,24)19(25,26)20(27,28)29)7-8-34-16(33)11-3-1-10(2-4-11)15(32)13-6-5-12-9-14(13)31-30-12/h1-6,9H,7-8H2. The normalized spacial score (nSPS) is 13.8. The number of rotatable bonds is 8. The minimum atomic E-state index is -7.02. The molecule has 182 valence electrons. The maximum atomic E-state index is 13.5. The Hall–Kier alpha value is -3.45. The lowest BCUT2D eigenvalue weighted by Crippen LogP contribution is -2.61. The molecule has 0 unspecified atom stereocenters. The van der Waals surface area contributed by atoms with Gasteiger partial charge >= 0.3 is 29.9 Å². The van der Waals surface area contributed by atoms with Crippen LogP contribution in [0.15, 0.2) is 52.7 Å². The van der Waals surface area contributed by atoms with Crippen molar-refractivity contribution in [2.75, 3.05) is 6.61 Å². The van der Waals surface area contributed by atoms with Crippen molar-refractivity contribution in [1.29, 1.82) is 0 Å². The van der Waals surface area contributed by atoms with Crippen LogP contribution in [-0.2, 0) is 4.74 Å². The number of benzene rings is 2. The second-order valence-corrected chi connectivity index (χ2v) is 7.04. The molecule has 0 saturated heterocycles. The second kappa shape index (κ2) is 8.40. The first kappa shape index (κ1) is 25.2. The van der Waals surface area contributed by atoms with Gasteiger partial charge in [-0.25, -0.2) is 4.79 Å². The first-order valence-electron chi connectivity index (χ1n) is 9.16. The van der Waals surface area contributed by atoms with E-state index in [2.05, 4.69) is 15.0 Å². The molecule has 1 aliphatic heterocycles. The summed E-state index contributed by atoms with van der Waals surface area (Å²) in [6, 6.07) is 8.99. The predicted molar refractivity (Wildman–Crippen MR) is 96.3 cm³/mol. The van der Waals surface area contributed by atoms with Gasteiger partial charge in [0.15, 0.2) is 5.78 Å². The zero-order chi connectivity index (χ0) is 25.5. The molecule has 0 aromatic heterocycles. The Morgan fingerprint density at radius 1 is 0.765 bits per heavy atom. The van der Waals surface area contributed by atoms with Gasteiger partial charge < -0.3 is 4.74 Å². The van der Waals surface area contributed by atoms with Crippen LogP contribution < -0.4 is 0 Å². The van der Waals surface area contributed by atoms with E-state index in [4.69, 9.17) is 0 Å². The first-order valence-corrected chi connectivity index (χ1v) is 9.16. The molecule has 34 heavy (non-hydrogen) atoms. The summed E-state index contributed by atoms with van der Waals surface area (Å²) in [6.45, 7) is -1.59.